The van der Waals surface area contributed by atoms with E-state index in [4.69, 9.17) is 16.7 Å². The first-order valence-corrected chi connectivity index (χ1v) is 6.55. The summed E-state index contributed by atoms with van der Waals surface area (Å²) >= 11 is 6.09. The molecule has 0 aromatic heterocycles. The van der Waals surface area contributed by atoms with Gasteiger partial charge in [-0.2, -0.15) is 0 Å². The van der Waals surface area contributed by atoms with E-state index in [1.54, 1.807) is 0 Å². The van der Waals surface area contributed by atoms with Gasteiger partial charge >= 0.3 is 0 Å². The van der Waals surface area contributed by atoms with Gasteiger partial charge in [0.15, 0.2) is 0 Å². The summed E-state index contributed by atoms with van der Waals surface area (Å²) in [6, 6.07) is 6.06. The molecule has 1 saturated carbocycles. The number of halogens is 1. The first kappa shape index (κ1) is 11.9. The van der Waals surface area contributed by atoms with Crippen molar-refractivity contribution in [3.8, 4) is 0 Å². The third kappa shape index (κ3) is 2.99. The molecule has 0 radical (unpaired) electrons. The van der Waals surface area contributed by atoms with Crippen LogP contribution in [0.25, 0.3) is 0 Å². The zero-order valence-electron chi connectivity index (χ0n) is 9.58. The smallest absolute Gasteiger partial charge is 0.0696 e. The van der Waals surface area contributed by atoms with Crippen LogP contribution in [0.1, 0.15) is 43.2 Å². The molecule has 2 heteroatoms. The summed E-state index contributed by atoms with van der Waals surface area (Å²) in [6.07, 6.45) is 8.03. The van der Waals surface area contributed by atoms with Gasteiger partial charge in [0.1, 0.15) is 0 Å². The fraction of sp³-hybridized carbons (Fsp3) is 0.571. The van der Waals surface area contributed by atoms with Crippen LogP contribution in [0, 0.1) is 5.92 Å². The van der Waals surface area contributed by atoms with Gasteiger partial charge in [-0.25, -0.2) is 0 Å². The fourth-order valence-corrected chi connectivity index (χ4v) is 2.83. The summed E-state index contributed by atoms with van der Waals surface area (Å²) in [4.78, 5) is 0. The molecule has 1 fully saturated rings. The quantitative estimate of drug-likeness (QED) is 0.845. The van der Waals surface area contributed by atoms with E-state index in [9.17, 15) is 0 Å². The van der Waals surface area contributed by atoms with Gasteiger partial charge in [-0.15, -0.1) is 0 Å². The number of hydrogen-bond acceptors (Lipinski definition) is 1. The molecule has 16 heavy (non-hydrogen) atoms. The van der Waals surface area contributed by atoms with Crippen LogP contribution >= 0.6 is 11.6 Å². The van der Waals surface area contributed by atoms with Gasteiger partial charge in [-0.1, -0.05) is 55.8 Å². The summed E-state index contributed by atoms with van der Waals surface area (Å²) in [5.41, 5.74) is 2.14. The van der Waals surface area contributed by atoms with Gasteiger partial charge < -0.3 is 5.11 Å². The Labute approximate surface area is 102 Å². The second-order valence-electron chi connectivity index (χ2n) is 4.79. The Balaban J connectivity index is 2.01. The molecule has 0 amide bonds. The Morgan fingerprint density at radius 1 is 1.19 bits per heavy atom. The molecule has 0 saturated heterocycles. The normalized spacial score (nSPS) is 17.6. The molecule has 1 aliphatic carbocycles. The first-order chi connectivity index (χ1) is 7.79. The number of hydrogen-bond donors (Lipinski definition) is 1. The van der Waals surface area contributed by atoms with Crippen molar-refractivity contribution in [1.29, 1.82) is 0 Å². The highest BCUT2D eigenvalue weighted by molar-refractivity contribution is 6.31. The van der Waals surface area contributed by atoms with Crippen molar-refractivity contribution in [2.45, 2.75) is 45.1 Å². The van der Waals surface area contributed by atoms with Crippen molar-refractivity contribution < 1.29 is 5.11 Å². The van der Waals surface area contributed by atoms with Crippen LogP contribution in [0.5, 0.6) is 0 Å². The Kier molecular flexibility index (Phi) is 4.25. The van der Waals surface area contributed by atoms with Crippen molar-refractivity contribution in [3.63, 3.8) is 0 Å². The Hall–Kier alpha value is -0.530. The lowest BCUT2D eigenvalue weighted by atomic mass is 9.85. The van der Waals surface area contributed by atoms with E-state index >= 15 is 0 Å². The number of aliphatic hydroxyl groups excluding tert-OH is 1. The van der Waals surface area contributed by atoms with E-state index in [1.165, 1.54) is 37.7 Å². The average molecular weight is 239 g/mol. The van der Waals surface area contributed by atoms with E-state index < -0.39 is 0 Å². The summed E-state index contributed by atoms with van der Waals surface area (Å²) < 4.78 is 0. The molecule has 2 rings (SSSR count). The Bertz CT molecular complexity index is 343. The highest BCUT2D eigenvalue weighted by Crippen LogP contribution is 2.28. The molecule has 0 spiro atoms. The highest BCUT2D eigenvalue weighted by Gasteiger charge is 2.14. The van der Waals surface area contributed by atoms with Crippen molar-refractivity contribution in [2.24, 2.45) is 5.92 Å². The first-order valence-electron chi connectivity index (χ1n) is 6.18. The molecule has 1 N–H and O–H groups in total. The minimum absolute atomic E-state index is 0.0303. The topological polar surface area (TPSA) is 20.2 Å². The number of benzene rings is 1. The maximum absolute atomic E-state index is 9.05. The molecule has 0 unspecified atom stereocenters. The molecule has 1 aliphatic rings. The SMILES string of the molecule is OCc1ccc(CC2CCCCC2)cc1Cl. The fourth-order valence-electron chi connectivity index (χ4n) is 2.57. The molecule has 88 valence electrons. The van der Waals surface area contributed by atoms with Gasteiger partial charge in [0.2, 0.25) is 0 Å². The average Bonchev–Trinajstić information content (AvgIpc) is 2.31. The summed E-state index contributed by atoms with van der Waals surface area (Å²) in [5.74, 6) is 0.838. The van der Waals surface area contributed by atoms with Crippen LogP contribution in [0.2, 0.25) is 5.02 Å². The Morgan fingerprint density at radius 2 is 1.94 bits per heavy atom. The molecule has 0 atom stereocenters. The summed E-state index contributed by atoms with van der Waals surface area (Å²) in [6.45, 7) is 0.0303. The van der Waals surface area contributed by atoms with E-state index in [0.717, 1.165) is 17.9 Å². The largest absolute Gasteiger partial charge is 0.392 e. The van der Waals surface area contributed by atoms with Gasteiger partial charge in [-0.05, 0) is 29.5 Å². The molecular weight excluding hydrogens is 220 g/mol. The summed E-state index contributed by atoms with van der Waals surface area (Å²) in [5, 5.41) is 9.75. The van der Waals surface area contributed by atoms with Gasteiger partial charge in [-0.3, -0.25) is 0 Å². The minimum Gasteiger partial charge on any atom is -0.392 e. The second-order valence-corrected chi connectivity index (χ2v) is 5.20. The third-order valence-corrected chi connectivity index (χ3v) is 3.89. The molecule has 0 aliphatic heterocycles. The number of rotatable bonds is 3. The van der Waals surface area contributed by atoms with Gasteiger partial charge in [0.25, 0.3) is 0 Å². The molecule has 0 heterocycles. The van der Waals surface area contributed by atoms with E-state index in [1.807, 2.05) is 12.1 Å². The van der Waals surface area contributed by atoms with Crippen molar-refractivity contribution in [2.75, 3.05) is 0 Å². The van der Waals surface area contributed by atoms with Gasteiger partial charge in [0, 0.05) is 5.02 Å². The van der Waals surface area contributed by atoms with Crippen LogP contribution < -0.4 is 0 Å². The third-order valence-electron chi connectivity index (χ3n) is 3.54. The molecule has 1 aromatic rings. The number of aliphatic hydroxyl groups is 1. The zero-order chi connectivity index (χ0) is 11.4. The molecule has 0 bridgehead atoms. The van der Waals surface area contributed by atoms with Crippen LogP contribution in [0.3, 0.4) is 0 Å². The van der Waals surface area contributed by atoms with Crippen molar-refractivity contribution in [1.82, 2.24) is 0 Å². The predicted molar refractivity (Wildman–Crippen MR) is 67.7 cm³/mol. The standard InChI is InChI=1S/C14H19ClO/c15-14-9-12(6-7-13(14)10-16)8-11-4-2-1-3-5-11/h6-7,9,11,16H,1-5,8,10H2. The molecular formula is C14H19ClO. The molecule has 1 aromatic carbocycles. The van der Waals surface area contributed by atoms with Crippen LogP contribution in [0.15, 0.2) is 18.2 Å². The summed E-state index contributed by atoms with van der Waals surface area (Å²) in [7, 11) is 0. The highest BCUT2D eigenvalue weighted by atomic mass is 35.5. The van der Waals surface area contributed by atoms with Crippen LogP contribution in [-0.2, 0) is 13.0 Å². The van der Waals surface area contributed by atoms with Crippen LogP contribution in [-0.4, -0.2) is 5.11 Å². The lowest BCUT2D eigenvalue weighted by Gasteiger charge is -2.21. The van der Waals surface area contributed by atoms with E-state index in [2.05, 4.69) is 6.07 Å². The monoisotopic (exact) mass is 238 g/mol. The maximum Gasteiger partial charge on any atom is 0.0696 e. The van der Waals surface area contributed by atoms with E-state index in [-0.39, 0.29) is 6.61 Å². The van der Waals surface area contributed by atoms with Crippen molar-refractivity contribution >= 4 is 11.6 Å². The van der Waals surface area contributed by atoms with Gasteiger partial charge in [0.05, 0.1) is 6.61 Å². The van der Waals surface area contributed by atoms with Crippen LogP contribution in [0.4, 0.5) is 0 Å². The Morgan fingerprint density at radius 3 is 2.56 bits per heavy atom. The lowest BCUT2D eigenvalue weighted by Crippen LogP contribution is -2.09. The maximum atomic E-state index is 9.05. The molecule has 1 nitrogen and oxygen atoms in total. The minimum atomic E-state index is 0.0303. The predicted octanol–water partition coefficient (Wildman–Crippen LogP) is 3.96. The van der Waals surface area contributed by atoms with E-state index in [0.29, 0.717) is 5.02 Å². The zero-order valence-corrected chi connectivity index (χ0v) is 10.3. The lowest BCUT2D eigenvalue weighted by molar-refractivity contribution is 0.282. The second kappa shape index (κ2) is 5.70. The van der Waals surface area contributed by atoms with Crippen molar-refractivity contribution in [3.05, 3.63) is 34.3 Å².